The van der Waals surface area contributed by atoms with Crippen molar-refractivity contribution in [2.75, 3.05) is 19.6 Å². The van der Waals surface area contributed by atoms with Gasteiger partial charge in [0.05, 0.1) is 0 Å². The average Bonchev–Trinajstić information content (AvgIpc) is 2.84. The van der Waals surface area contributed by atoms with E-state index in [-0.39, 0.29) is 17.9 Å². The molecule has 0 spiro atoms. The molecule has 22 heavy (non-hydrogen) atoms. The number of piperazine rings is 1. The lowest BCUT2D eigenvalue weighted by molar-refractivity contribution is -0.131. The van der Waals surface area contributed by atoms with Crippen molar-refractivity contribution in [3.8, 4) is 0 Å². The maximum atomic E-state index is 12.8. The third-order valence-electron chi connectivity index (χ3n) is 4.37. The first kappa shape index (κ1) is 14.6. The Kier molecular flexibility index (Phi) is 3.64. The molecule has 0 aliphatic carbocycles. The lowest BCUT2D eigenvalue weighted by Crippen LogP contribution is -2.55. The van der Waals surface area contributed by atoms with Gasteiger partial charge in [0.1, 0.15) is 5.58 Å². The first-order valence-corrected chi connectivity index (χ1v) is 7.53. The molecule has 3 rings (SSSR count). The Morgan fingerprint density at radius 1 is 1.23 bits per heavy atom. The molecule has 0 N–H and O–H groups in total. The molecule has 0 saturated carbocycles. The molecule has 1 fully saturated rings. The molecule has 1 aliphatic rings. The van der Waals surface area contributed by atoms with Gasteiger partial charge in [0.15, 0.2) is 5.76 Å². The van der Waals surface area contributed by atoms with Crippen LogP contribution in [0.2, 0.25) is 0 Å². The van der Waals surface area contributed by atoms with Crippen LogP contribution in [0.15, 0.2) is 28.7 Å². The van der Waals surface area contributed by atoms with E-state index in [4.69, 9.17) is 4.42 Å². The molecule has 1 aliphatic heterocycles. The molecular weight excluding hydrogens is 280 g/mol. The number of carbonyl (C=O) groups excluding carboxylic acids is 2. The zero-order valence-corrected chi connectivity index (χ0v) is 13.1. The average molecular weight is 300 g/mol. The van der Waals surface area contributed by atoms with Gasteiger partial charge in [-0.05, 0) is 19.9 Å². The van der Waals surface area contributed by atoms with E-state index in [9.17, 15) is 9.59 Å². The Morgan fingerprint density at radius 3 is 2.59 bits per heavy atom. The maximum Gasteiger partial charge on any atom is 0.290 e. The SMILES string of the molecule is CC(=O)N1CCN(C(=O)c2oc3ccccc3c2C)[C@H](C)C1. The second-order valence-electron chi connectivity index (χ2n) is 5.86. The molecular formula is C17H20N2O3. The van der Waals surface area contributed by atoms with E-state index < -0.39 is 0 Å². The summed E-state index contributed by atoms with van der Waals surface area (Å²) in [5.74, 6) is 0.368. The first-order chi connectivity index (χ1) is 10.5. The van der Waals surface area contributed by atoms with E-state index in [1.807, 2.05) is 38.1 Å². The molecule has 2 amide bonds. The quantitative estimate of drug-likeness (QED) is 0.813. The fourth-order valence-electron chi connectivity index (χ4n) is 3.05. The fourth-order valence-corrected chi connectivity index (χ4v) is 3.05. The van der Waals surface area contributed by atoms with E-state index in [2.05, 4.69) is 0 Å². The summed E-state index contributed by atoms with van der Waals surface area (Å²) in [5.41, 5.74) is 1.61. The minimum atomic E-state index is -0.0931. The summed E-state index contributed by atoms with van der Waals surface area (Å²) >= 11 is 0. The van der Waals surface area contributed by atoms with Crippen molar-refractivity contribution in [2.45, 2.75) is 26.8 Å². The van der Waals surface area contributed by atoms with Gasteiger partial charge in [0.2, 0.25) is 5.91 Å². The van der Waals surface area contributed by atoms with Crippen LogP contribution in [0.5, 0.6) is 0 Å². The van der Waals surface area contributed by atoms with Gasteiger partial charge in [0, 0.05) is 43.5 Å². The van der Waals surface area contributed by atoms with Crippen LogP contribution in [0.25, 0.3) is 11.0 Å². The molecule has 2 aromatic rings. The summed E-state index contributed by atoms with van der Waals surface area (Å²) in [5, 5.41) is 0.973. The van der Waals surface area contributed by atoms with Crippen molar-refractivity contribution in [3.63, 3.8) is 0 Å². The van der Waals surface area contributed by atoms with Gasteiger partial charge >= 0.3 is 0 Å². The fraction of sp³-hybridized carbons (Fsp3) is 0.412. The van der Waals surface area contributed by atoms with Crippen LogP contribution in [0.3, 0.4) is 0 Å². The topological polar surface area (TPSA) is 53.8 Å². The van der Waals surface area contributed by atoms with Gasteiger partial charge in [-0.15, -0.1) is 0 Å². The van der Waals surface area contributed by atoms with Gasteiger partial charge in [-0.1, -0.05) is 18.2 Å². The van der Waals surface area contributed by atoms with E-state index >= 15 is 0 Å². The molecule has 1 aromatic carbocycles. The zero-order chi connectivity index (χ0) is 15.9. The van der Waals surface area contributed by atoms with Crippen molar-refractivity contribution < 1.29 is 14.0 Å². The summed E-state index contributed by atoms with van der Waals surface area (Å²) in [4.78, 5) is 27.8. The number of hydrogen-bond donors (Lipinski definition) is 0. The summed E-state index contributed by atoms with van der Waals surface area (Å²) in [6, 6.07) is 7.65. The normalized spacial score (nSPS) is 18.8. The summed E-state index contributed by atoms with van der Waals surface area (Å²) < 4.78 is 5.76. The number of hydrogen-bond acceptors (Lipinski definition) is 3. The Balaban J connectivity index is 1.87. The summed E-state index contributed by atoms with van der Waals surface area (Å²) in [7, 11) is 0. The zero-order valence-electron chi connectivity index (χ0n) is 13.1. The van der Waals surface area contributed by atoms with Crippen LogP contribution in [0.1, 0.15) is 30.0 Å². The number of benzene rings is 1. The number of aryl methyl sites for hydroxylation is 1. The highest BCUT2D eigenvalue weighted by Gasteiger charge is 2.31. The number of rotatable bonds is 1. The molecule has 1 aromatic heterocycles. The molecule has 0 unspecified atom stereocenters. The Labute approximate surface area is 129 Å². The van der Waals surface area contributed by atoms with Gasteiger partial charge in [-0.3, -0.25) is 9.59 Å². The number of amides is 2. The highest BCUT2D eigenvalue weighted by atomic mass is 16.3. The molecule has 1 saturated heterocycles. The largest absolute Gasteiger partial charge is 0.451 e. The molecule has 0 bridgehead atoms. The van der Waals surface area contributed by atoms with Gasteiger partial charge in [-0.2, -0.15) is 0 Å². The standard InChI is InChI=1S/C17H20N2O3/c1-11-10-18(13(3)20)8-9-19(11)17(21)16-12(2)14-6-4-5-7-15(14)22-16/h4-7,11H,8-10H2,1-3H3/t11-/m1/s1. The monoisotopic (exact) mass is 300 g/mol. The van der Waals surface area contributed by atoms with Crippen molar-refractivity contribution in [3.05, 3.63) is 35.6 Å². The van der Waals surface area contributed by atoms with E-state index in [0.717, 1.165) is 16.5 Å². The van der Waals surface area contributed by atoms with Gasteiger partial charge in [-0.25, -0.2) is 0 Å². The van der Waals surface area contributed by atoms with Gasteiger partial charge < -0.3 is 14.2 Å². The summed E-state index contributed by atoms with van der Waals surface area (Å²) in [6.07, 6.45) is 0. The van der Waals surface area contributed by atoms with Crippen LogP contribution in [-0.4, -0.2) is 47.3 Å². The van der Waals surface area contributed by atoms with Crippen molar-refractivity contribution >= 4 is 22.8 Å². The van der Waals surface area contributed by atoms with Crippen LogP contribution >= 0.6 is 0 Å². The number of furan rings is 1. The number of para-hydroxylation sites is 1. The van der Waals surface area contributed by atoms with Crippen molar-refractivity contribution in [2.24, 2.45) is 0 Å². The van der Waals surface area contributed by atoms with E-state index in [1.54, 1.807) is 16.7 Å². The van der Waals surface area contributed by atoms with E-state index in [0.29, 0.717) is 25.4 Å². The molecule has 5 nitrogen and oxygen atoms in total. The minimum Gasteiger partial charge on any atom is -0.451 e. The Bertz CT molecular complexity index is 735. The lowest BCUT2D eigenvalue weighted by Gasteiger charge is -2.39. The van der Waals surface area contributed by atoms with Crippen LogP contribution in [0.4, 0.5) is 0 Å². The van der Waals surface area contributed by atoms with Crippen LogP contribution in [0, 0.1) is 6.92 Å². The predicted molar refractivity (Wildman–Crippen MR) is 83.7 cm³/mol. The molecule has 0 radical (unpaired) electrons. The van der Waals surface area contributed by atoms with Crippen molar-refractivity contribution in [1.82, 2.24) is 9.80 Å². The Hall–Kier alpha value is -2.30. The number of fused-ring (bicyclic) bond motifs is 1. The highest BCUT2D eigenvalue weighted by Crippen LogP contribution is 2.27. The maximum absolute atomic E-state index is 12.8. The molecule has 2 heterocycles. The molecule has 116 valence electrons. The second kappa shape index (κ2) is 5.48. The first-order valence-electron chi connectivity index (χ1n) is 7.53. The molecule has 5 heteroatoms. The van der Waals surface area contributed by atoms with Gasteiger partial charge in [0.25, 0.3) is 5.91 Å². The highest BCUT2D eigenvalue weighted by molar-refractivity contribution is 5.99. The number of carbonyl (C=O) groups is 2. The summed E-state index contributed by atoms with van der Waals surface area (Å²) in [6.45, 7) is 7.12. The minimum absolute atomic E-state index is 0.0160. The van der Waals surface area contributed by atoms with Crippen LogP contribution in [-0.2, 0) is 4.79 Å². The van der Waals surface area contributed by atoms with E-state index in [1.165, 1.54) is 0 Å². The third-order valence-corrected chi connectivity index (χ3v) is 4.37. The molecule has 1 atom stereocenters. The Morgan fingerprint density at radius 2 is 1.95 bits per heavy atom. The number of nitrogens with zero attached hydrogens (tertiary/aromatic N) is 2. The van der Waals surface area contributed by atoms with Crippen LogP contribution < -0.4 is 0 Å². The smallest absolute Gasteiger partial charge is 0.290 e. The van der Waals surface area contributed by atoms with Crippen molar-refractivity contribution in [1.29, 1.82) is 0 Å². The predicted octanol–water partition coefficient (Wildman–Crippen LogP) is 2.43. The lowest BCUT2D eigenvalue weighted by atomic mass is 10.1. The second-order valence-corrected chi connectivity index (χ2v) is 5.86. The third kappa shape index (κ3) is 2.36.